The first-order valence-electron chi connectivity index (χ1n) is 20.9. The Morgan fingerprint density at radius 1 is 0.323 bits per heavy atom. The van der Waals surface area contributed by atoms with Crippen molar-refractivity contribution in [1.82, 2.24) is 19.1 Å². The minimum atomic E-state index is 0.851. The van der Waals surface area contributed by atoms with Crippen LogP contribution >= 0.6 is 22.7 Å². The van der Waals surface area contributed by atoms with Crippen molar-refractivity contribution < 1.29 is 0 Å². The zero-order valence-electron chi connectivity index (χ0n) is 33.1. The molecule has 0 N–H and O–H groups in total. The summed E-state index contributed by atoms with van der Waals surface area (Å²) < 4.78 is 10.1. The maximum absolute atomic E-state index is 5.41. The zero-order valence-corrected chi connectivity index (χ0v) is 34.7. The molecule has 5 heterocycles. The number of thiophene rings is 2. The van der Waals surface area contributed by atoms with Crippen LogP contribution in [0.15, 0.2) is 194 Å². The van der Waals surface area contributed by atoms with Gasteiger partial charge in [0.05, 0.1) is 44.5 Å². The lowest BCUT2D eigenvalue weighted by Gasteiger charge is -2.15. The topological polar surface area (TPSA) is 35.6 Å². The number of rotatable bonds is 4. The molecule has 14 rings (SSSR count). The van der Waals surface area contributed by atoms with Gasteiger partial charge in [0.1, 0.15) is 0 Å². The fourth-order valence-electron chi connectivity index (χ4n) is 10.0. The van der Waals surface area contributed by atoms with Gasteiger partial charge < -0.3 is 9.13 Å². The third-order valence-electron chi connectivity index (χ3n) is 12.7. The van der Waals surface area contributed by atoms with Crippen LogP contribution in [0.25, 0.3) is 129 Å². The summed E-state index contributed by atoms with van der Waals surface area (Å²) in [6.45, 7) is 0. The lowest BCUT2D eigenvalue weighted by molar-refractivity contribution is 1.17. The molecule has 0 aliphatic carbocycles. The molecule has 0 saturated heterocycles. The second-order valence-corrected chi connectivity index (χ2v) is 18.2. The van der Waals surface area contributed by atoms with Crippen LogP contribution in [-0.2, 0) is 0 Å². The first-order valence-corrected chi connectivity index (χ1v) is 22.5. The van der Waals surface area contributed by atoms with E-state index < -0.39 is 0 Å². The van der Waals surface area contributed by atoms with Gasteiger partial charge in [-0.3, -0.25) is 0 Å². The number of para-hydroxylation sites is 4. The minimum absolute atomic E-state index is 0.851. The van der Waals surface area contributed by atoms with Crippen molar-refractivity contribution in [3.8, 4) is 33.9 Å². The van der Waals surface area contributed by atoms with E-state index in [9.17, 15) is 0 Å². The Labute approximate surface area is 362 Å². The first kappa shape index (κ1) is 34.1. The van der Waals surface area contributed by atoms with Crippen molar-refractivity contribution in [3.05, 3.63) is 194 Å². The van der Waals surface area contributed by atoms with E-state index in [4.69, 9.17) is 9.97 Å². The van der Waals surface area contributed by atoms with Crippen LogP contribution in [0, 0.1) is 0 Å². The van der Waals surface area contributed by atoms with Crippen LogP contribution in [0.2, 0.25) is 0 Å². The average Bonchev–Trinajstić information content (AvgIpc) is 4.09. The van der Waals surface area contributed by atoms with E-state index in [1.165, 1.54) is 84.0 Å². The van der Waals surface area contributed by atoms with Gasteiger partial charge in [0.25, 0.3) is 0 Å². The molecule has 0 aliphatic heterocycles. The third kappa shape index (κ3) is 4.82. The summed E-state index contributed by atoms with van der Waals surface area (Å²) in [7, 11) is 0. The van der Waals surface area contributed by atoms with Crippen LogP contribution in [0.4, 0.5) is 0 Å². The van der Waals surface area contributed by atoms with Crippen molar-refractivity contribution in [3.63, 3.8) is 0 Å². The van der Waals surface area contributed by atoms with Gasteiger partial charge >= 0.3 is 0 Å². The Morgan fingerprint density at radius 3 is 1.23 bits per heavy atom. The summed E-state index contributed by atoms with van der Waals surface area (Å²) >= 11 is 3.77. The fourth-order valence-corrected chi connectivity index (χ4v) is 12.5. The second-order valence-electron chi connectivity index (χ2n) is 16.1. The Kier molecular flexibility index (Phi) is 7.11. The summed E-state index contributed by atoms with van der Waals surface area (Å²) in [6, 6.07) is 70.2. The Morgan fingerprint density at radius 2 is 0.742 bits per heavy atom. The lowest BCUT2D eigenvalue weighted by atomic mass is 10.0. The third-order valence-corrected chi connectivity index (χ3v) is 15.1. The quantitative estimate of drug-likeness (QED) is 0.177. The van der Waals surface area contributed by atoms with E-state index in [1.807, 2.05) is 34.8 Å². The number of aromatic nitrogens is 4. The van der Waals surface area contributed by atoms with Gasteiger partial charge in [0.15, 0.2) is 0 Å². The van der Waals surface area contributed by atoms with E-state index in [-0.39, 0.29) is 0 Å². The highest BCUT2D eigenvalue weighted by Crippen LogP contribution is 2.46. The molecule has 288 valence electrons. The van der Waals surface area contributed by atoms with Gasteiger partial charge in [0.2, 0.25) is 0 Å². The van der Waals surface area contributed by atoms with Gasteiger partial charge in [0, 0.05) is 84.4 Å². The highest BCUT2D eigenvalue weighted by Gasteiger charge is 2.21. The van der Waals surface area contributed by atoms with E-state index in [0.717, 1.165) is 44.9 Å². The zero-order chi connectivity index (χ0) is 40.5. The van der Waals surface area contributed by atoms with Gasteiger partial charge in [-0.15, -0.1) is 22.7 Å². The number of benzene rings is 9. The number of nitrogens with zero attached hydrogens (tertiary/aromatic N) is 4. The largest absolute Gasteiger partial charge is 0.309 e. The van der Waals surface area contributed by atoms with Crippen LogP contribution in [-0.4, -0.2) is 19.1 Å². The molecular formula is C56H32N4S2. The fraction of sp³-hybridized carbons (Fsp3) is 0. The van der Waals surface area contributed by atoms with Crippen molar-refractivity contribution in [2.24, 2.45) is 0 Å². The molecule has 0 amide bonds. The molecule has 6 heteroatoms. The molecule has 0 spiro atoms. The van der Waals surface area contributed by atoms with Crippen molar-refractivity contribution in [2.45, 2.75) is 0 Å². The molecule has 0 bridgehead atoms. The van der Waals surface area contributed by atoms with Gasteiger partial charge in [-0.05, 0) is 72.8 Å². The van der Waals surface area contributed by atoms with Crippen LogP contribution in [0.3, 0.4) is 0 Å². The Balaban J connectivity index is 0.974. The molecule has 4 nitrogen and oxygen atoms in total. The highest BCUT2D eigenvalue weighted by atomic mass is 32.1. The molecule has 14 aromatic rings. The predicted octanol–water partition coefficient (Wildman–Crippen LogP) is 15.9. The monoisotopic (exact) mass is 824 g/mol. The van der Waals surface area contributed by atoms with Gasteiger partial charge in [-0.2, -0.15) is 0 Å². The Hall–Kier alpha value is -7.64. The maximum atomic E-state index is 5.41. The summed E-state index contributed by atoms with van der Waals surface area (Å²) in [5.41, 5.74) is 12.4. The SMILES string of the molecule is c1cc(-c2nc3ccccc3nc2-c2cccc(-n3c4ccccc4c4c5sc6ccccc6c5ccc43)c2)cc(-n2c3ccccc3c3c4sc5ccccc5c4ccc32)c1. The van der Waals surface area contributed by atoms with Crippen molar-refractivity contribution in [2.75, 3.05) is 0 Å². The molecule has 0 atom stereocenters. The molecular weight excluding hydrogens is 793 g/mol. The minimum Gasteiger partial charge on any atom is -0.309 e. The van der Waals surface area contributed by atoms with E-state index >= 15 is 0 Å². The summed E-state index contributed by atoms with van der Waals surface area (Å²) in [5, 5.41) is 10.3. The highest BCUT2D eigenvalue weighted by molar-refractivity contribution is 7.27. The second kappa shape index (κ2) is 12.9. The molecule has 0 radical (unpaired) electrons. The van der Waals surface area contributed by atoms with Gasteiger partial charge in [-0.25, -0.2) is 9.97 Å². The summed E-state index contributed by atoms with van der Waals surface area (Å²) in [4.78, 5) is 10.8. The maximum Gasteiger partial charge on any atom is 0.0973 e. The predicted molar refractivity (Wildman–Crippen MR) is 265 cm³/mol. The number of hydrogen-bond donors (Lipinski definition) is 0. The van der Waals surface area contributed by atoms with E-state index in [2.05, 4.69) is 191 Å². The lowest BCUT2D eigenvalue weighted by Crippen LogP contribution is -1.99. The smallest absolute Gasteiger partial charge is 0.0973 e. The average molecular weight is 825 g/mol. The van der Waals surface area contributed by atoms with E-state index in [1.54, 1.807) is 0 Å². The summed E-state index contributed by atoms with van der Waals surface area (Å²) in [6.07, 6.45) is 0. The summed E-state index contributed by atoms with van der Waals surface area (Å²) in [5.74, 6) is 0. The van der Waals surface area contributed by atoms with Crippen LogP contribution in [0.5, 0.6) is 0 Å². The molecule has 0 aliphatic rings. The molecule has 0 saturated carbocycles. The first-order chi connectivity index (χ1) is 30.7. The van der Waals surface area contributed by atoms with Crippen LogP contribution in [0.1, 0.15) is 0 Å². The number of fused-ring (bicyclic) bond motifs is 15. The van der Waals surface area contributed by atoms with Crippen molar-refractivity contribution in [1.29, 1.82) is 0 Å². The van der Waals surface area contributed by atoms with Gasteiger partial charge in [-0.1, -0.05) is 121 Å². The number of hydrogen-bond acceptors (Lipinski definition) is 4. The normalized spacial score (nSPS) is 12.2. The molecule has 0 unspecified atom stereocenters. The van der Waals surface area contributed by atoms with E-state index in [0.29, 0.717) is 0 Å². The Bertz CT molecular complexity index is 3910. The molecule has 5 aromatic heterocycles. The van der Waals surface area contributed by atoms with Crippen molar-refractivity contribution >= 4 is 118 Å². The molecule has 9 aromatic carbocycles. The molecule has 0 fully saturated rings. The standard InChI is InChI=1S/C56H32N4S2/c1-7-23-45-41(19-1)51-47(29-27-39-37-17-3-9-25-49(37)61-55(39)51)59(45)35-15-11-13-33(31-35)53-54(58-44-22-6-5-21-43(44)57-53)34-14-12-16-36(32-34)60-46-24-8-2-20-42(46)52-48(60)30-28-40-38-18-4-10-26-50(38)62-56(40)52/h1-32H. The molecule has 62 heavy (non-hydrogen) atoms. The van der Waals surface area contributed by atoms with Crippen LogP contribution < -0.4 is 0 Å².